The van der Waals surface area contributed by atoms with Crippen molar-refractivity contribution in [2.45, 2.75) is 12.7 Å². The van der Waals surface area contributed by atoms with Crippen molar-refractivity contribution < 1.29 is 13.2 Å². The number of rotatable bonds is 5. The molecule has 0 aromatic heterocycles. The molecule has 0 aliphatic carbocycles. The van der Waals surface area contributed by atoms with Crippen molar-refractivity contribution in [3.8, 4) is 0 Å². The van der Waals surface area contributed by atoms with Crippen molar-refractivity contribution in [1.82, 2.24) is 0 Å². The normalized spacial score (nSPS) is 11.2. The Kier molecular flexibility index (Phi) is 4.35. The van der Waals surface area contributed by atoms with E-state index < -0.39 is 15.6 Å². The smallest absolute Gasteiger partial charge is 0.178 e. The molecule has 0 saturated carbocycles. The van der Waals surface area contributed by atoms with Crippen LogP contribution in [0.15, 0.2) is 54.6 Å². The predicted octanol–water partition coefficient (Wildman–Crippen LogP) is 2.79. The van der Waals surface area contributed by atoms with E-state index in [4.69, 9.17) is 0 Å². The van der Waals surface area contributed by atoms with Gasteiger partial charge in [0.15, 0.2) is 15.6 Å². The fourth-order valence-corrected chi connectivity index (χ4v) is 3.40. The Hall–Kier alpha value is -1.94. The highest BCUT2D eigenvalue weighted by Gasteiger charge is 2.19. The predicted molar refractivity (Wildman–Crippen MR) is 79.4 cm³/mol. The molecule has 0 fully saturated rings. The minimum atomic E-state index is -3.45. The molecule has 2 rings (SSSR count). The Morgan fingerprint density at radius 3 is 2.20 bits per heavy atom. The van der Waals surface area contributed by atoms with Gasteiger partial charge in [0.05, 0.1) is 5.75 Å². The summed E-state index contributed by atoms with van der Waals surface area (Å²) in [6.45, 7) is 1.80. The van der Waals surface area contributed by atoms with Crippen LogP contribution in [0.25, 0.3) is 0 Å². The molecule has 20 heavy (non-hydrogen) atoms. The number of hydrogen-bond donors (Lipinski definition) is 0. The van der Waals surface area contributed by atoms with Gasteiger partial charge in [-0.05, 0) is 18.1 Å². The van der Waals surface area contributed by atoms with Crippen LogP contribution in [0.2, 0.25) is 0 Å². The molecule has 2 aromatic rings. The maximum absolute atomic E-state index is 12.1. The van der Waals surface area contributed by atoms with Crippen molar-refractivity contribution in [1.29, 1.82) is 0 Å². The van der Waals surface area contributed by atoms with Crippen molar-refractivity contribution in [2.75, 3.05) is 5.75 Å². The van der Waals surface area contributed by atoms with Crippen LogP contribution in [0.4, 0.5) is 0 Å². The van der Waals surface area contributed by atoms with Gasteiger partial charge in [0.25, 0.3) is 0 Å². The molecule has 0 spiro atoms. The third kappa shape index (κ3) is 3.78. The molecular formula is C16H16O3S. The van der Waals surface area contributed by atoms with E-state index in [2.05, 4.69) is 0 Å². The number of hydrogen-bond acceptors (Lipinski definition) is 3. The van der Waals surface area contributed by atoms with Crippen molar-refractivity contribution in [3.63, 3.8) is 0 Å². The van der Waals surface area contributed by atoms with Gasteiger partial charge in [-0.15, -0.1) is 0 Å². The van der Waals surface area contributed by atoms with Crippen molar-refractivity contribution in [3.05, 3.63) is 71.3 Å². The third-order valence-electron chi connectivity index (χ3n) is 3.03. The maximum atomic E-state index is 12.1. The van der Waals surface area contributed by atoms with Crippen LogP contribution in [-0.4, -0.2) is 20.0 Å². The largest absolute Gasteiger partial charge is 0.293 e. The minimum Gasteiger partial charge on any atom is -0.293 e. The first-order valence-electron chi connectivity index (χ1n) is 6.31. The molecule has 104 valence electrons. The second-order valence-corrected chi connectivity index (χ2v) is 6.82. The van der Waals surface area contributed by atoms with E-state index >= 15 is 0 Å². The number of Topliss-reactive ketones (excluding diaryl/α,β-unsaturated/α-hetero) is 1. The summed E-state index contributed by atoms with van der Waals surface area (Å²) in [4.78, 5) is 12.1. The fourth-order valence-electron chi connectivity index (χ4n) is 2.04. The highest BCUT2D eigenvalue weighted by Crippen LogP contribution is 2.12. The van der Waals surface area contributed by atoms with Gasteiger partial charge in [-0.1, -0.05) is 54.6 Å². The number of carbonyl (C=O) groups excluding carboxylic acids is 1. The number of aryl methyl sites for hydroxylation is 1. The summed E-state index contributed by atoms with van der Waals surface area (Å²) in [5.41, 5.74) is 1.97. The van der Waals surface area contributed by atoms with E-state index in [1.807, 2.05) is 12.1 Å². The molecule has 0 atom stereocenters. The summed E-state index contributed by atoms with van der Waals surface area (Å²) >= 11 is 0. The minimum absolute atomic E-state index is 0.106. The molecule has 0 bridgehead atoms. The van der Waals surface area contributed by atoms with Gasteiger partial charge in [-0.3, -0.25) is 4.79 Å². The Balaban J connectivity index is 2.13. The van der Waals surface area contributed by atoms with Crippen LogP contribution in [0.3, 0.4) is 0 Å². The summed E-state index contributed by atoms with van der Waals surface area (Å²) in [5.74, 6) is -0.905. The second kappa shape index (κ2) is 6.01. The maximum Gasteiger partial charge on any atom is 0.178 e. The van der Waals surface area contributed by atoms with Gasteiger partial charge in [-0.25, -0.2) is 8.42 Å². The molecule has 0 N–H and O–H groups in total. The van der Waals surface area contributed by atoms with E-state index in [9.17, 15) is 13.2 Å². The van der Waals surface area contributed by atoms with Crippen LogP contribution in [0.1, 0.15) is 21.5 Å². The van der Waals surface area contributed by atoms with E-state index in [-0.39, 0.29) is 11.5 Å². The van der Waals surface area contributed by atoms with Crippen LogP contribution < -0.4 is 0 Å². The zero-order valence-corrected chi connectivity index (χ0v) is 12.1. The lowest BCUT2D eigenvalue weighted by molar-refractivity contribution is 0.102. The standard InChI is InChI=1S/C16H16O3S/c1-13-7-5-6-10-15(13)16(17)12-20(18,19)11-14-8-3-2-4-9-14/h2-10H,11-12H2,1H3. The number of benzene rings is 2. The van der Waals surface area contributed by atoms with E-state index in [0.717, 1.165) is 5.56 Å². The molecule has 2 aromatic carbocycles. The molecule has 4 heteroatoms. The fraction of sp³-hybridized carbons (Fsp3) is 0.188. The van der Waals surface area contributed by atoms with Crippen LogP contribution >= 0.6 is 0 Å². The number of sulfone groups is 1. The van der Waals surface area contributed by atoms with E-state index in [1.54, 1.807) is 49.4 Å². The zero-order valence-electron chi connectivity index (χ0n) is 11.2. The first-order valence-corrected chi connectivity index (χ1v) is 8.13. The Labute approximate surface area is 119 Å². The average Bonchev–Trinajstić information content (AvgIpc) is 2.39. The molecule has 0 heterocycles. The molecule has 0 aliphatic heterocycles. The molecule has 0 radical (unpaired) electrons. The monoisotopic (exact) mass is 288 g/mol. The molecule has 0 amide bonds. The third-order valence-corrected chi connectivity index (χ3v) is 4.50. The van der Waals surface area contributed by atoms with E-state index in [1.165, 1.54) is 0 Å². The SMILES string of the molecule is Cc1ccccc1C(=O)CS(=O)(=O)Cc1ccccc1. The summed E-state index contributed by atoms with van der Waals surface area (Å²) in [7, 11) is -3.45. The Morgan fingerprint density at radius 2 is 1.55 bits per heavy atom. The molecule has 0 saturated heterocycles. The molecule has 0 aliphatic rings. The summed E-state index contributed by atoms with van der Waals surface area (Å²) in [5, 5.41) is 0. The molecule has 0 unspecified atom stereocenters. The van der Waals surface area contributed by atoms with Crippen molar-refractivity contribution >= 4 is 15.6 Å². The van der Waals surface area contributed by atoms with Crippen molar-refractivity contribution in [2.24, 2.45) is 0 Å². The first kappa shape index (κ1) is 14.5. The summed E-state index contributed by atoms with van der Waals surface area (Å²) < 4.78 is 24.1. The highest BCUT2D eigenvalue weighted by atomic mass is 32.2. The van der Waals surface area contributed by atoms with Gasteiger partial charge in [0.1, 0.15) is 5.75 Å². The average molecular weight is 288 g/mol. The lowest BCUT2D eigenvalue weighted by Crippen LogP contribution is -2.18. The highest BCUT2D eigenvalue weighted by molar-refractivity contribution is 7.91. The number of ketones is 1. The lowest BCUT2D eigenvalue weighted by atomic mass is 10.1. The Bertz CT molecular complexity index is 704. The van der Waals surface area contributed by atoms with Gasteiger partial charge in [-0.2, -0.15) is 0 Å². The molecule has 3 nitrogen and oxygen atoms in total. The first-order chi connectivity index (χ1) is 9.48. The van der Waals surface area contributed by atoms with Gasteiger partial charge in [0, 0.05) is 5.56 Å². The summed E-state index contributed by atoms with van der Waals surface area (Å²) in [6, 6.07) is 15.9. The van der Waals surface area contributed by atoms with Gasteiger partial charge >= 0.3 is 0 Å². The van der Waals surface area contributed by atoms with Crippen LogP contribution in [0.5, 0.6) is 0 Å². The second-order valence-electron chi connectivity index (χ2n) is 4.76. The molecular weight excluding hydrogens is 272 g/mol. The quantitative estimate of drug-likeness (QED) is 0.795. The van der Waals surface area contributed by atoms with E-state index in [0.29, 0.717) is 11.1 Å². The lowest BCUT2D eigenvalue weighted by Gasteiger charge is -2.06. The topological polar surface area (TPSA) is 51.2 Å². The van der Waals surface area contributed by atoms with Crippen LogP contribution in [0, 0.1) is 6.92 Å². The number of carbonyl (C=O) groups is 1. The van der Waals surface area contributed by atoms with Gasteiger partial charge in [0.2, 0.25) is 0 Å². The zero-order chi connectivity index (χ0) is 14.6. The Morgan fingerprint density at radius 1 is 0.950 bits per heavy atom. The van der Waals surface area contributed by atoms with Gasteiger partial charge < -0.3 is 0 Å². The summed E-state index contributed by atoms with van der Waals surface area (Å²) in [6.07, 6.45) is 0. The van der Waals surface area contributed by atoms with Crippen LogP contribution in [-0.2, 0) is 15.6 Å².